The Bertz CT molecular complexity index is 1890. The fraction of sp³-hybridized carbons (Fsp3) is 0.270. The molecule has 17 heteroatoms. The lowest BCUT2D eigenvalue weighted by atomic mass is 10.0. The van der Waals surface area contributed by atoms with Gasteiger partial charge in [0.15, 0.2) is 11.9 Å². The predicted octanol–water partition coefficient (Wildman–Crippen LogP) is 9.46. The lowest BCUT2D eigenvalue weighted by Crippen LogP contribution is -2.16. The third kappa shape index (κ3) is 12.6. The zero-order valence-electron chi connectivity index (χ0n) is 28.4. The summed E-state index contributed by atoms with van der Waals surface area (Å²) < 4.78 is 118. The fourth-order valence-electron chi connectivity index (χ4n) is 4.90. The first-order valence-electron chi connectivity index (χ1n) is 16.0. The second-order valence-electron chi connectivity index (χ2n) is 11.6. The van der Waals surface area contributed by atoms with Crippen molar-refractivity contribution in [2.24, 2.45) is 0 Å². The fourth-order valence-corrected chi connectivity index (χ4v) is 5.77. The minimum absolute atomic E-state index is 0.0450. The molecule has 0 bridgehead atoms. The van der Waals surface area contributed by atoms with Gasteiger partial charge in [0.25, 0.3) is 0 Å². The van der Waals surface area contributed by atoms with Gasteiger partial charge < -0.3 is 24.2 Å². The Kier molecular flexibility index (Phi) is 14.7. The highest BCUT2D eigenvalue weighted by Crippen LogP contribution is 2.45. The zero-order valence-corrected chi connectivity index (χ0v) is 30.1. The van der Waals surface area contributed by atoms with E-state index in [1.54, 1.807) is 0 Å². The van der Waals surface area contributed by atoms with Crippen molar-refractivity contribution in [1.82, 2.24) is 0 Å². The first kappa shape index (κ1) is 42.4. The third-order valence-corrected chi connectivity index (χ3v) is 8.67. The first-order valence-corrected chi connectivity index (χ1v) is 17.9. The van der Waals surface area contributed by atoms with Crippen molar-refractivity contribution in [3.8, 4) is 0 Å². The number of esters is 1. The van der Waals surface area contributed by atoms with E-state index in [0.29, 0.717) is 11.6 Å². The molecule has 0 aliphatic carbocycles. The van der Waals surface area contributed by atoms with Crippen LogP contribution in [0.3, 0.4) is 0 Å². The number of phosphoric acid groups is 1. The minimum atomic E-state index is -4.75. The number of benzene rings is 4. The van der Waals surface area contributed by atoms with Crippen molar-refractivity contribution in [3.63, 3.8) is 0 Å². The Labute approximate surface area is 311 Å². The predicted molar refractivity (Wildman–Crippen MR) is 183 cm³/mol. The smallest absolute Gasteiger partial charge is 0.472 e. The highest BCUT2D eigenvalue weighted by molar-refractivity contribution is 7.47. The molecule has 0 fully saturated rings. The maximum absolute atomic E-state index is 13.4. The van der Waals surface area contributed by atoms with Gasteiger partial charge in [0, 0.05) is 29.2 Å². The summed E-state index contributed by atoms with van der Waals surface area (Å²) in [5, 5.41) is 9.09. The Balaban J connectivity index is 0.000000287. The van der Waals surface area contributed by atoms with Crippen LogP contribution in [-0.4, -0.2) is 28.7 Å². The van der Waals surface area contributed by atoms with E-state index in [-0.39, 0.29) is 41.5 Å². The highest BCUT2D eigenvalue weighted by Gasteiger charge is 2.40. The molecule has 290 valence electrons. The van der Waals surface area contributed by atoms with Gasteiger partial charge in [-0.05, 0) is 36.2 Å². The summed E-state index contributed by atoms with van der Waals surface area (Å²) in [6.07, 6.45) is -10.8. The number of alkyl halides is 6. The van der Waals surface area contributed by atoms with Gasteiger partial charge in [-0.15, -0.1) is 0 Å². The van der Waals surface area contributed by atoms with Crippen molar-refractivity contribution < 1.29 is 69.0 Å². The summed E-state index contributed by atoms with van der Waals surface area (Å²) in [4.78, 5) is 21.9. The van der Waals surface area contributed by atoms with Crippen molar-refractivity contribution in [2.45, 2.75) is 58.2 Å². The molecule has 2 N–H and O–H groups in total. The van der Waals surface area contributed by atoms with E-state index in [1.807, 2.05) is 60.7 Å². The molecule has 4 aromatic carbocycles. The molecule has 4 aromatic rings. The molecule has 5 rings (SSSR count). The molecule has 1 heterocycles. The molecule has 9 nitrogen and oxygen atoms in total. The highest BCUT2D eigenvalue weighted by atomic mass is 35.5. The van der Waals surface area contributed by atoms with Crippen LogP contribution in [0.2, 0.25) is 5.02 Å². The van der Waals surface area contributed by atoms with Crippen LogP contribution in [0, 0.1) is 6.92 Å². The van der Waals surface area contributed by atoms with Crippen molar-refractivity contribution in [1.29, 1.82) is 0 Å². The number of aliphatic hydroxyl groups is 1. The number of cyclic esters (lactones) is 1. The Morgan fingerprint density at radius 1 is 0.741 bits per heavy atom. The molecule has 0 spiro atoms. The van der Waals surface area contributed by atoms with Crippen molar-refractivity contribution in [2.75, 3.05) is 6.61 Å². The number of carbonyl (C=O) groups is 1. The number of halogens is 7. The van der Waals surface area contributed by atoms with Crippen LogP contribution in [0.5, 0.6) is 0 Å². The van der Waals surface area contributed by atoms with Crippen LogP contribution in [0.1, 0.15) is 45.4 Å². The lowest BCUT2D eigenvalue weighted by molar-refractivity contribution is -0.144. The Morgan fingerprint density at radius 3 is 1.76 bits per heavy atom. The van der Waals surface area contributed by atoms with E-state index in [9.17, 15) is 45.7 Å². The van der Waals surface area contributed by atoms with Gasteiger partial charge in [-0.3, -0.25) is 9.05 Å². The first-order chi connectivity index (χ1) is 25.5. The summed E-state index contributed by atoms with van der Waals surface area (Å²) >= 11 is 5.67. The number of carbonyl (C=O) groups excluding carboxylic acids is 1. The van der Waals surface area contributed by atoms with Crippen LogP contribution >= 0.6 is 19.4 Å². The van der Waals surface area contributed by atoms with Crippen molar-refractivity contribution in [3.05, 3.63) is 153 Å². The Hall–Kier alpha value is -4.37. The molecule has 0 saturated carbocycles. The number of aryl methyl sites for hydroxylation is 1. The Morgan fingerprint density at radius 2 is 1.24 bits per heavy atom. The molecule has 1 unspecified atom stereocenters. The number of hydrogen-bond acceptors (Lipinski definition) is 8. The van der Waals surface area contributed by atoms with E-state index >= 15 is 0 Å². The molecule has 1 aliphatic rings. The summed E-state index contributed by atoms with van der Waals surface area (Å²) in [6, 6.07) is 24.9. The molecule has 0 amide bonds. The van der Waals surface area contributed by atoms with Crippen molar-refractivity contribution >= 4 is 25.4 Å². The van der Waals surface area contributed by atoms with Crippen LogP contribution < -0.4 is 0 Å². The summed E-state index contributed by atoms with van der Waals surface area (Å²) in [6.45, 7) is -0.262. The van der Waals surface area contributed by atoms with Crippen LogP contribution in [-0.2, 0) is 71.4 Å². The number of hydrogen-bond donors (Lipinski definition) is 2. The molecule has 0 aromatic heterocycles. The summed E-state index contributed by atoms with van der Waals surface area (Å²) in [5.74, 6) is -1.99. The van der Waals surface area contributed by atoms with E-state index in [4.69, 9.17) is 34.9 Å². The average Bonchev–Trinajstić information content (AvgIpc) is 3.42. The van der Waals surface area contributed by atoms with Gasteiger partial charge in [0.05, 0.1) is 24.3 Å². The van der Waals surface area contributed by atoms with Gasteiger partial charge in [0.2, 0.25) is 5.76 Å². The van der Waals surface area contributed by atoms with Crippen LogP contribution in [0.4, 0.5) is 26.3 Å². The second-order valence-corrected chi connectivity index (χ2v) is 13.5. The normalized spacial score (nSPS) is 14.7. The average molecular weight is 803 g/mol. The number of aliphatic hydroxyl groups excluding tert-OH is 1. The maximum atomic E-state index is 13.4. The van der Waals surface area contributed by atoms with Gasteiger partial charge in [-0.2, -0.15) is 26.3 Å². The summed E-state index contributed by atoms with van der Waals surface area (Å²) in [5.41, 5.74) is -0.614. The number of rotatable bonds is 14. The number of ether oxygens (including phenoxy) is 3. The van der Waals surface area contributed by atoms with E-state index < -0.39 is 69.0 Å². The standard InChI is InChI=1S/C23H19ClF6O5.C14H15O4P/c1-12-2-3-13(16(8-12)22(25,26)27)11-34-20-19(18(6-7-31)35-21(20)32)33-10-14-4-5-15(24)9-17(14)23(28,29)30;15-19(16,17-11-13-7-3-1-4-8-13)18-12-14-9-5-2-6-10-14/h2-5,8-9,18,31H,6-7,10-11H2,1H3;1-10H,11-12H2,(H,15,16). The second kappa shape index (κ2) is 18.8. The van der Waals surface area contributed by atoms with Gasteiger partial charge >= 0.3 is 26.1 Å². The number of phosphoric ester groups is 1. The molecule has 1 aliphatic heterocycles. The minimum Gasteiger partial charge on any atom is -0.485 e. The van der Waals surface area contributed by atoms with E-state index in [0.717, 1.165) is 23.3 Å². The maximum Gasteiger partial charge on any atom is 0.472 e. The van der Waals surface area contributed by atoms with E-state index in [1.165, 1.54) is 25.1 Å². The zero-order chi connectivity index (χ0) is 39.5. The molecular formula is C37H34ClF6O9P. The van der Waals surface area contributed by atoms with Gasteiger partial charge in [-0.25, -0.2) is 9.36 Å². The monoisotopic (exact) mass is 802 g/mol. The van der Waals surface area contributed by atoms with Gasteiger partial charge in [-0.1, -0.05) is 96.0 Å². The van der Waals surface area contributed by atoms with E-state index in [2.05, 4.69) is 0 Å². The quantitative estimate of drug-likeness (QED) is 0.0730. The molecule has 0 radical (unpaired) electrons. The summed E-state index contributed by atoms with van der Waals surface area (Å²) in [7, 11) is -4.02. The molecular weight excluding hydrogens is 769 g/mol. The molecule has 0 saturated heterocycles. The largest absolute Gasteiger partial charge is 0.485 e. The molecule has 54 heavy (non-hydrogen) atoms. The van der Waals surface area contributed by atoms with Gasteiger partial charge in [0.1, 0.15) is 13.2 Å². The SMILES string of the molecule is Cc1ccc(COC2=C(OCc3ccc(Cl)cc3C(F)(F)F)C(CCO)OC2=O)c(C(F)(F)F)c1.O=P(O)(OCc1ccccc1)OCc1ccccc1. The van der Waals surface area contributed by atoms with Crippen LogP contribution in [0.25, 0.3) is 0 Å². The lowest BCUT2D eigenvalue weighted by Gasteiger charge is -2.17. The topological polar surface area (TPSA) is 121 Å². The third-order valence-electron chi connectivity index (χ3n) is 7.52. The molecule has 1 atom stereocenters. The van der Waals surface area contributed by atoms with Crippen LogP contribution in [0.15, 0.2) is 109 Å².